The molecule has 2 bridgehead atoms. The van der Waals surface area contributed by atoms with E-state index < -0.39 is 18.2 Å². The van der Waals surface area contributed by atoms with Gasteiger partial charge in [-0.15, -0.1) is 0 Å². The van der Waals surface area contributed by atoms with Crippen molar-refractivity contribution in [2.75, 3.05) is 20.2 Å². The highest BCUT2D eigenvalue weighted by Gasteiger charge is 2.34. The second-order valence-electron chi connectivity index (χ2n) is 12.6. The molecule has 47 heavy (non-hydrogen) atoms. The molecule has 0 radical (unpaired) electrons. The number of para-hydroxylation sites is 1. The van der Waals surface area contributed by atoms with E-state index in [1.807, 2.05) is 78.9 Å². The molecule has 0 saturated heterocycles. The number of benzene rings is 3. The van der Waals surface area contributed by atoms with Gasteiger partial charge in [-0.1, -0.05) is 86.5 Å². The molecule has 8 heteroatoms. The fourth-order valence-corrected chi connectivity index (χ4v) is 6.48. The Hall–Kier alpha value is -3.98. The smallest absolute Gasteiger partial charge is 0.243 e. The van der Waals surface area contributed by atoms with Crippen LogP contribution in [0.15, 0.2) is 91.0 Å². The van der Waals surface area contributed by atoms with E-state index in [0.29, 0.717) is 38.7 Å². The van der Waals surface area contributed by atoms with E-state index in [9.17, 15) is 14.7 Å². The van der Waals surface area contributed by atoms with Gasteiger partial charge in [-0.25, -0.2) is 0 Å². The number of allylic oxidation sites excluding steroid dienone is 1. The first-order chi connectivity index (χ1) is 22.9. The lowest BCUT2D eigenvalue weighted by Crippen LogP contribution is -2.55. The Kier molecular flexibility index (Phi) is 12.6. The minimum absolute atomic E-state index is 0.0351. The Morgan fingerprint density at radius 2 is 1.74 bits per heavy atom. The zero-order chi connectivity index (χ0) is 33.0. The number of carbonyl (C=O) groups is 2. The maximum absolute atomic E-state index is 13.9. The monoisotopic (exact) mass is 639 g/mol. The molecule has 250 valence electrons. The lowest BCUT2D eigenvalue weighted by Gasteiger charge is -2.31. The average molecular weight is 640 g/mol. The van der Waals surface area contributed by atoms with Crippen molar-refractivity contribution in [3.8, 4) is 11.5 Å². The van der Waals surface area contributed by atoms with Crippen LogP contribution in [0.3, 0.4) is 0 Å². The minimum Gasteiger partial charge on any atom is -0.457 e. The third kappa shape index (κ3) is 9.53. The normalized spacial score (nSPS) is 24.1. The van der Waals surface area contributed by atoms with Crippen molar-refractivity contribution in [3.05, 3.63) is 108 Å². The first-order valence-electron chi connectivity index (χ1n) is 17.1. The number of hydrogen-bond donors (Lipinski definition) is 3. The van der Waals surface area contributed by atoms with E-state index in [2.05, 4.69) is 29.7 Å². The zero-order valence-electron chi connectivity index (χ0n) is 27.6. The van der Waals surface area contributed by atoms with Gasteiger partial charge in [0, 0.05) is 26.1 Å². The highest BCUT2D eigenvalue weighted by molar-refractivity contribution is 5.87. The van der Waals surface area contributed by atoms with E-state index >= 15 is 0 Å². The molecule has 5 atom stereocenters. The minimum atomic E-state index is -0.884. The number of rotatable bonds is 9. The first kappa shape index (κ1) is 34.4. The number of carbonyl (C=O) groups excluding carboxylic acids is 2. The number of ether oxygens (including phenoxy) is 2. The van der Waals surface area contributed by atoms with Crippen LogP contribution in [0.5, 0.6) is 11.5 Å². The third-order valence-corrected chi connectivity index (χ3v) is 9.20. The molecule has 5 rings (SSSR count). The van der Waals surface area contributed by atoms with E-state index in [-0.39, 0.29) is 30.5 Å². The Balaban J connectivity index is 1.38. The van der Waals surface area contributed by atoms with Crippen LogP contribution < -0.4 is 15.4 Å². The number of unbranched alkanes of at least 4 members (excludes halogenated alkanes) is 2. The quantitative estimate of drug-likeness (QED) is 0.185. The van der Waals surface area contributed by atoms with Crippen LogP contribution in [-0.4, -0.2) is 60.2 Å². The van der Waals surface area contributed by atoms with Crippen LogP contribution in [-0.2, 0) is 20.7 Å². The standard InChI is InChI=1S/C39H49N3O5/c1-3-4-8-20-38(44)42(2)35-19-13-7-14-23-46-37-26-33(32-25-30(21-22-31(32)37)47-29-17-11-6-12-18-29)40-27-36(43)34(41-39(35)45)24-28-15-9-5-10-16-28/h5-7,9-12,14-18,21-22,25,33-37,40,43H,3-4,8,13,19-20,23-24,26-27H2,1-2H3,(H,41,45)/b14-7+/t33?,34-,35-,36+,37?/m0/s1. The lowest BCUT2D eigenvalue weighted by atomic mass is 9.99. The summed E-state index contributed by atoms with van der Waals surface area (Å²) in [4.78, 5) is 28.6. The topological polar surface area (TPSA) is 100 Å². The number of aliphatic hydroxyl groups is 1. The van der Waals surface area contributed by atoms with Crippen LogP contribution in [0.2, 0.25) is 0 Å². The number of hydrogen-bond acceptors (Lipinski definition) is 6. The number of β-amino-alcohol motifs (C(OH)–C–C–N with tert-alkyl or cyclic N) is 1. The van der Waals surface area contributed by atoms with Crippen molar-refractivity contribution in [1.29, 1.82) is 0 Å². The molecular weight excluding hydrogens is 590 g/mol. The van der Waals surface area contributed by atoms with Crippen LogP contribution in [0, 0.1) is 0 Å². The predicted molar refractivity (Wildman–Crippen MR) is 184 cm³/mol. The number of amides is 2. The predicted octanol–water partition coefficient (Wildman–Crippen LogP) is 6.42. The second-order valence-corrected chi connectivity index (χ2v) is 12.6. The Morgan fingerprint density at radius 3 is 2.51 bits per heavy atom. The summed E-state index contributed by atoms with van der Waals surface area (Å²) in [6.45, 7) is 2.80. The molecule has 1 heterocycles. The summed E-state index contributed by atoms with van der Waals surface area (Å²) in [5.41, 5.74) is 3.19. The third-order valence-electron chi connectivity index (χ3n) is 9.20. The molecule has 0 spiro atoms. The van der Waals surface area contributed by atoms with Crippen molar-refractivity contribution < 1.29 is 24.2 Å². The summed E-state index contributed by atoms with van der Waals surface area (Å²) in [5, 5.41) is 18.4. The molecule has 2 amide bonds. The SMILES string of the molecule is CCCCCC(=O)N(C)[C@H]1CC/C=C/COC2CC(NC[C@@H](O)[C@H](Cc3ccccc3)NC1=O)c1cc(Oc3ccccc3)ccc12. The summed E-state index contributed by atoms with van der Waals surface area (Å²) in [6, 6.07) is 24.4. The number of fused-ring (bicyclic) bond motifs is 5. The van der Waals surface area contributed by atoms with Gasteiger partial charge in [0.2, 0.25) is 11.8 Å². The van der Waals surface area contributed by atoms with Gasteiger partial charge in [-0.2, -0.15) is 0 Å². The summed E-state index contributed by atoms with van der Waals surface area (Å²) in [6.07, 6.45) is 8.52. The van der Waals surface area contributed by atoms with Gasteiger partial charge in [0.05, 0.1) is 24.9 Å². The molecular formula is C39H49N3O5. The molecule has 1 aliphatic carbocycles. The van der Waals surface area contributed by atoms with Crippen molar-refractivity contribution in [2.45, 2.75) is 88.6 Å². The van der Waals surface area contributed by atoms with Gasteiger partial charge in [0.15, 0.2) is 0 Å². The number of nitrogens with zero attached hydrogens (tertiary/aromatic N) is 1. The summed E-state index contributed by atoms with van der Waals surface area (Å²) < 4.78 is 12.5. The molecule has 3 aromatic carbocycles. The largest absolute Gasteiger partial charge is 0.457 e. The number of nitrogens with one attached hydrogen (secondary N) is 2. The Bertz CT molecular complexity index is 1460. The van der Waals surface area contributed by atoms with Crippen molar-refractivity contribution in [2.24, 2.45) is 0 Å². The highest BCUT2D eigenvalue weighted by atomic mass is 16.5. The number of aliphatic hydroxyl groups excluding tert-OH is 1. The van der Waals surface area contributed by atoms with E-state index in [0.717, 1.165) is 47.5 Å². The molecule has 3 aromatic rings. The van der Waals surface area contributed by atoms with Crippen molar-refractivity contribution >= 4 is 11.8 Å². The molecule has 3 N–H and O–H groups in total. The second kappa shape index (κ2) is 17.3. The molecule has 0 saturated carbocycles. The fourth-order valence-electron chi connectivity index (χ4n) is 6.48. The van der Waals surface area contributed by atoms with Gasteiger partial charge in [0.1, 0.15) is 17.5 Å². The maximum atomic E-state index is 13.9. The maximum Gasteiger partial charge on any atom is 0.243 e. The van der Waals surface area contributed by atoms with E-state index in [1.54, 1.807) is 11.9 Å². The van der Waals surface area contributed by atoms with E-state index in [4.69, 9.17) is 9.47 Å². The molecule has 0 aromatic heterocycles. The fraction of sp³-hybridized carbons (Fsp3) is 0.436. The molecule has 2 aliphatic rings. The van der Waals surface area contributed by atoms with Gasteiger partial charge in [-0.3, -0.25) is 9.59 Å². The molecule has 0 fully saturated rings. The average Bonchev–Trinajstić information content (AvgIpc) is 3.43. The zero-order valence-corrected chi connectivity index (χ0v) is 27.6. The number of likely N-dealkylation sites (N-methyl/N-ethyl adjacent to an activating group) is 1. The molecule has 1 aliphatic heterocycles. The van der Waals surface area contributed by atoms with Crippen LogP contribution >= 0.6 is 0 Å². The van der Waals surface area contributed by atoms with Crippen molar-refractivity contribution in [3.63, 3.8) is 0 Å². The lowest BCUT2D eigenvalue weighted by molar-refractivity contribution is -0.140. The van der Waals surface area contributed by atoms with E-state index in [1.165, 1.54) is 0 Å². The summed E-state index contributed by atoms with van der Waals surface area (Å²) in [5.74, 6) is 1.22. The van der Waals surface area contributed by atoms with Crippen molar-refractivity contribution in [1.82, 2.24) is 15.5 Å². The summed E-state index contributed by atoms with van der Waals surface area (Å²) in [7, 11) is 1.72. The molecule has 2 unspecified atom stereocenters. The first-order valence-corrected chi connectivity index (χ1v) is 17.1. The molecule has 8 nitrogen and oxygen atoms in total. The van der Waals surface area contributed by atoms with Crippen LogP contribution in [0.1, 0.15) is 80.7 Å². The van der Waals surface area contributed by atoms with Gasteiger partial charge in [0.25, 0.3) is 0 Å². The van der Waals surface area contributed by atoms with Gasteiger partial charge in [-0.05, 0) is 73.1 Å². The highest BCUT2D eigenvalue weighted by Crippen LogP contribution is 2.43. The van der Waals surface area contributed by atoms with Gasteiger partial charge >= 0.3 is 0 Å². The Labute approximate surface area is 279 Å². The summed E-state index contributed by atoms with van der Waals surface area (Å²) >= 11 is 0. The van der Waals surface area contributed by atoms with Crippen LogP contribution in [0.25, 0.3) is 0 Å². The van der Waals surface area contributed by atoms with Gasteiger partial charge < -0.3 is 30.1 Å². The Morgan fingerprint density at radius 1 is 0.979 bits per heavy atom. The van der Waals surface area contributed by atoms with Crippen LogP contribution in [0.4, 0.5) is 0 Å².